The summed E-state index contributed by atoms with van der Waals surface area (Å²) in [5, 5.41) is 5.05. The first-order chi connectivity index (χ1) is 11.6. The molecule has 1 aromatic carbocycles. The van der Waals surface area contributed by atoms with Crippen molar-refractivity contribution in [1.82, 2.24) is 9.97 Å². The third-order valence-electron chi connectivity index (χ3n) is 4.08. The summed E-state index contributed by atoms with van der Waals surface area (Å²) >= 11 is 0. The summed E-state index contributed by atoms with van der Waals surface area (Å²) in [5.74, 6) is 0.921. The Morgan fingerprint density at radius 3 is 2.50 bits per heavy atom. The Hall–Kier alpha value is -2.70. The van der Waals surface area contributed by atoms with Crippen LogP contribution in [0.1, 0.15) is 19.8 Å². The number of para-hydroxylation sites is 1. The highest BCUT2D eigenvalue weighted by Crippen LogP contribution is 2.20. The second-order valence-electron chi connectivity index (χ2n) is 6.00. The Kier molecular flexibility index (Phi) is 4.88. The molecule has 1 fully saturated rings. The second-order valence-corrected chi connectivity index (χ2v) is 6.00. The van der Waals surface area contributed by atoms with E-state index in [0.717, 1.165) is 31.8 Å². The van der Waals surface area contributed by atoms with E-state index in [0.29, 0.717) is 11.6 Å². The fraction of sp³-hybridized carbons (Fsp3) is 0.353. The fourth-order valence-corrected chi connectivity index (χ4v) is 2.60. The van der Waals surface area contributed by atoms with Gasteiger partial charge in [-0.25, -0.2) is 19.2 Å². The summed E-state index contributed by atoms with van der Waals surface area (Å²) in [7, 11) is 0. The van der Waals surface area contributed by atoms with E-state index in [-0.39, 0.29) is 5.69 Å². The summed E-state index contributed by atoms with van der Waals surface area (Å²) in [6.45, 7) is 4.14. The minimum absolute atomic E-state index is 0.120. The van der Waals surface area contributed by atoms with Crippen molar-refractivity contribution in [2.24, 2.45) is 5.92 Å². The average molecular weight is 329 g/mol. The second kappa shape index (κ2) is 7.25. The van der Waals surface area contributed by atoms with Crippen LogP contribution in [-0.4, -0.2) is 29.1 Å². The molecule has 2 aromatic rings. The van der Waals surface area contributed by atoms with E-state index in [1.54, 1.807) is 24.5 Å². The maximum absolute atomic E-state index is 13.5. The Bertz CT molecular complexity index is 698. The van der Waals surface area contributed by atoms with Gasteiger partial charge in [0, 0.05) is 13.1 Å². The first-order valence-corrected chi connectivity index (χ1v) is 8.01. The summed E-state index contributed by atoms with van der Waals surface area (Å²) < 4.78 is 13.5. The van der Waals surface area contributed by atoms with Crippen LogP contribution in [0.25, 0.3) is 0 Å². The van der Waals surface area contributed by atoms with E-state index in [2.05, 4.69) is 32.4 Å². The Morgan fingerprint density at radius 1 is 1.17 bits per heavy atom. The van der Waals surface area contributed by atoms with Crippen LogP contribution in [0.15, 0.2) is 36.7 Å². The molecule has 126 valence electrons. The van der Waals surface area contributed by atoms with Crippen LogP contribution in [0.4, 0.5) is 26.5 Å². The zero-order chi connectivity index (χ0) is 16.9. The molecule has 2 N–H and O–H groups in total. The van der Waals surface area contributed by atoms with Crippen LogP contribution in [-0.2, 0) is 0 Å². The third kappa shape index (κ3) is 3.98. The summed E-state index contributed by atoms with van der Waals surface area (Å²) in [6, 6.07) is 5.45. The normalized spacial score (nSPS) is 15.2. The number of nitrogens with one attached hydrogen (secondary N) is 2. The molecule has 2 heterocycles. The van der Waals surface area contributed by atoms with Crippen LogP contribution in [0.5, 0.6) is 0 Å². The monoisotopic (exact) mass is 329 g/mol. The van der Waals surface area contributed by atoms with Crippen molar-refractivity contribution in [2.75, 3.05) is 28.6 Å². The highest BCUT2D eigenvalue weighted by molar-refractivity contribution is 5.99. The fourth-order valence-electron chi connectivity index (χ4n) is 2.60. The van der Waals surface area contributed by atoms with Gasteiger partial charge in [0.15, 0.2) is 0 Å². The molecule has 3 rings (SSSR count). The van der Waals surface area contributed by atoms with Crippen molar-refractivity contribution in [2.45, 2.75) is 19.8 Å². The van der Waals surface area contributed by atoms with Crippen LogP contribution in [0.2, 0.25) is 0 Å². The van der Waals surface area contributed by atoms with Crippen LogP contribution < -0.4 is 15.5 Å². The molecular formula is C17H20FN5O. The molecule has 6 nitrogen and oxygen atoms in total. The van der Waals surface area contributed by atoms with Gasteiger partial charge in [0.2, 0.25) is 5.95 Å². The van der Waals surface area contributed by atoms with Gasteiger partial charge in [-0.05, 0) is 30.9 Å². The lowest BCUT2D eigenvalue weighted by molar-refractivity contribution is 0.262. The molecule has 1 saturated heterocycles. The number of urea groups is 1. The number of hydrogen-bond acceptors (Lipinski definition) is 4. The minimum Gasteiger partial charge on any atom is -0.341 e. The quantitative estimate of drug-likeness (QED) is 0.904. The number of hydrogen-bond donors (Lipinski definition) is 2. The number of amides is 2. The molecule has 2 amide bonds. The molecule has 0 radical (unpaired) electrons. The van der Waals surface area contributed by atoms with Gasteiger partial charge in [0.25, 0.3) is 0 Å². The maximum atomic E-state index is 13.5. The zero-order valence-corrected chi connectivity index (χ0v) is 13.5. The molecular weight excluding hydrogens is 309 g/mol. The number of carbonyl (C=O) groups excluding carboxylic acids is 1. The molecule has 0 unspecified atom stereocenters. The van der Waals surface area contributed by atoms with E-state index < -0.39 is 11.8 Å². The average Bonchev–Trinajstić information content (AvgIpc) is 2.58. The van der Waals surface area contributed by atoms with Crippen molar-refractivity contribution in [1.29, 1.82) is 0 Å². The number of benzene rings is 1. The molecule has 0 bridgehead atoms. The lowest BCUT2D eigenvalue weighted by Gasteiger charge is -2.30. The minimum atomic E-state index is -0.539. The number of anilines is 3. The number of nitrogens with zero attached hydrogens (tertiary/aromatic N) is 3. The van der Waals surface area contributed by atoms with Gasteiger partial charge in [0.1, 0.15) is 5.82 Å². The van der Waals surface area contributed by atoms with Gasteiger partial charge in [-0.2, -0.15) is 0 Å². The Labute approximate surface area is 140 Å². The third-order valence-corrected chi connectivity index (χ3v) is 4.08. The van der Waals surface area contributed by atoms with Gasteiger partial charge in [-0.15, -0.1) is 0 Å². The number of rotatable bonds is 3. The van der Waals surface area contributed by atoms with E-state index in [1.165, 1.54) is 12.1 Å². The Morgan fingerprint density at radius 2 is 1.83 bits per heavy atom. The summed E-state index contributed by atoms with van der Waals surface area (Å²) in [6.07, 6.45) is 5.38. The molecule has 0 atom stereocenters. The number of carbonyl (C=O) groups is 1. The van der Waals surface area contributed by atoms with Crippen LogP contribution in [0.3, 0.4) is 0 Å². The first-order valence-electron chi connectivity index (χ1n) is 8.01. The highest BCUT2D eigenvalue weighted by Gasteiger charge is 2.17. The molecule has 24 heavy (non-hydrogen) atoms. The van der Waals surface area contributed by atoms with Crippen molar-refractivity contribution in [3.8, 4) is 0 Å². The zero-order valence-electron chi connectivity index (χ0n) is 13.5. The standard InChI is InChI=1S/C17H20FN5O/c1-12-6-8-23(9-7-12)16-19-10-13(11-20-16)21-17(24)22-15-5-3-2-4-14(15)18/h2-5,10-12H,6-9H2,1H3,(H2,21,22,24). The molecule has 0 spiro atoms. The predicted octanol–water partition coefficient (Wildman–Crippen LogP) is 3.50. The maximum Gasteiger partial charge on any atom is 0.323 e. The van der Waals surface area contributed by atoms with E-state index in [9.17, 15) is 9.18 Å². The molecule has 1 aromatic heterocycles. The topological polar surface area (TPSA) is 70.2 Å². The molecule has 0 saturated carbocycles. The van der Waals surface area contributed by atoms with Gasteiger partial charge in [-0.1, -0.05) is 19.1 Å². The van der Waals surface area contributed by atoms with Gasteiger partial charge >= 0.3 is 6.03 Å². The Balaban J connectivity index is 1.58. The smallest absolute Gasteiger partial charge is 0.323 e. The lowest BCUT2D eigenvalue weighted by atomic mass is 10.00. The summed E-state index contributed by atoms with van der Waals surface area (Å²) in [5.41, 5.74) is 0.577. The number of piperidine rings is 1. The lowest BCUT2D eigenvalue weighted by Crippen LogP contribution is -2.34. The van der Waals surface area contributed by atoms with Gasteiger partial charge in [0.05, 0.1) is 23.8 Å². The summed E-state index contributed by atoms with van der Waals surface area (Å²) in [4.78, 5) is 22.7. The highest BCUT2D eigenvalue weighted by atomic mass is 19.1. The largest absolute Gasteiger partial charge is 0.341 e. The van der Waals surface area contributed by atoms with Crippen LogP contribution >= 0.6 is 0 Å². The van der Waals surface area contributed by atoms with E-state index >= 15 is 0 Å². The molecule has 0 aliphatic carbocycles. The van der Waals surface area contributed by atoms with Crippen LogP contribution in [0, 0.1) is 11.7 Å². The van der Waals surface area contributed by atoms with Crippen molar-refractivity contribution < 1.29 is 9.18 Å². The molecule has 1 aliphatic rings. The number of halogens is 1. The van der Waals surface area contributed by atoms with E-state index in [4.69, 9.17) is 0 Å². The first kappa shape index (κ1) is 16.2. The van der Waals surface area contributed by atoms with Gasteiger partial charge in [-0.3, -0.25) is 0 Å². The molecule has 7 heteroatoms. The van der Waals surface area contributed by atoms with E-state index in [1.807, 2.05) is 0 Å². The SMILES string of the molecule is CC1CCN(c2ncc(NC(=O)Nc3ccccc3F)cn2)CC1. The van der Waals surface area contributed by atoms with Crippen molar-refractivity contribution in [3.63, 3.8) is 0 Å². The predicted molar refractivity (Wildman–Crippen MR) is 91.7 cm³/mol. The van der Waals surface area contributed by atoms with Crippen molar-refractivity contribution >= 4 is 23.4 Å². The number of aromatic nitrogens is 2. The van der Waals surface area contributed by atoms with Gasteiger partial charge < -0.3 is 15.5 Å². The van der Waals surface area contributed by atoms with Crippen molar-refractivity contribution in [3.05, 3.63) is 42.5 Å². The molecule has 1 aliphatic heterocycles.